The van der Waals surface area contributed by atoms with Crippen LogP contribution in [0, 0.1) is 10.1 Å². The van der Waals surface area contributed by atoms with Gasteiger partial charge >= 0.3 is 0 Å². The fraction of sp³-hybridized carbons (Fsp3) is 0.125. The van der Waals surface area contributed by atoms with Gasteiger partial charge in [-0.1, -0.05) is 18.2 Å². The summed E-state index contributed by atoms with van der Waals surface area (Å²) in [6.45, 7) is 0.826. The number of rotatable bonds is 3. The molecule has 1 N–H and O–H groups in total. The molecule has 0 atom stereocenters. The molecule has 0 spiro atoms. The number of nitrogens with zero attached hydrogens (tertiary/aromatic N) is 2. The normalized spacial score (nSPS) is 13.4. The largest absolute Gasteiger partial charge is 0.370 e. The zero-order valence-electron chi connectivity index (χ0n) is 11.6. The first-order valence-corrected chi connectivity index (χ1v) is 6.67. The molecule has 0 saturated carbocycles. The van der Waals surface area contributed by atoms with Gasteiger partial charge in [0.05, 0.1) is 4.92 Å². The summed E-state index contributed by atoms with van der Waals surface area (Å²) >= 11 is 0. The molecule has 1 heterocycles. The minimum Gasteiger partial charge on any atom is -0.370 e. The lowest BCUT2D eigenvalue weighted by Gasteiger charge is -2.27. The molecular weight excluding hydrogens is 266 g/mol. The van der Waals surface area contributed by atoms with Gasteiger partial charge in [0.1, 0.15) is 0 Å². The number of nitrogens with one attached hydrogen (secondary N) is 1. The van der Waals surface area contributed by atoms with E-state index < -0.39 is 4.92 Å². The summed E-state index contributed by atoms with van der Waals surface area (Å²) < 4.78 is 0. The maximum atomic E-state index is 10.7. The van der Waals surface area contributed by atoms with E-state index in [1.54, 1.807) is 12.1 Å². The third kappa shape index (κ3) is 2.58. The van der Waals surface area contributed by atoms with Crippen LogP contribution in [0.4, 0.5) is 17.1 Å². The Kier molecular flexibility index (Phi) is 3.31. The second-order valence-corrected chi connectivity index (χ2v) is 4.94. The monoisotopic (exact) mass is 281 g/mol. The lowest BCUT2D eigenvalue weighted by Crippen LogP contribution is -2.23. The van der Waals surface area contributed by atoms with Crippen molar-refractivity contribution < 1.29 is 4.92 Å². The van der Waals surface area contributed by atoms with Gasteiger partial charge in [-0.3, -0.25) is 10.1 Å². The van der Waals surface area contributed by atoms with Crippen molar-refractivity contribution in [2.75, 3.05) is 23.8 Å². The van der Waals surface area contributed by atoms with Gasteiger partial charge < -0.3 is 10.2 Å². The van der Waals surface area contributed by atoms with Crippen LogP contribution in [0.5, 0.6) is 0 Å². The zero-order chi connectivity index (χ0) is 14.8. The lowest BCUT2D eigenvalue weighted by atomic mass is 10.0. The average Bonchev–Trinajstić information content (AvgIpc) is 2.51. The van der Waals surface area contributed by atoms with Gasteiger partial charge in [0.2, 0.25) is 0 Å². The molecule has 21 heavy (non-hydrogen) atoms. The van der Waals surface area contributed by atoms with Gasteiger partial charge in [0.25, 0.3) is 5.69 Å². The summed E-state index contributed by atoms with van der Waals surface area (Å²) in [5.74, 6) is 0. The first kappa shape index (κ1) is 13.2. The maximum Gasteiger partial charge on any atom is 0.269 e. The quantitative estimate of drug-likeness (QED) is 0.691. The Morgan fingerprint density at radius 1 is 1.14 bits per heavy atom. The van der Waals surface area contributed by atoms with E-state index in [1.807, 2.05) is 12.1 Å². The standard InChI is InChI=1S/C16H15N3O2/c1-18-11-10-15(14-4-2-3-5-16(14)18)17-12-6-8-13(9-7-12)19(20)21/h2-10,17H,11H2,1H3. The SMILES string of the molecule is CN1CC=C(Nc2ccc([N+](=O)[O-])cc2)c2ccccc21. The third-order valence-corrected chi connectivity index (χ3v) is 3.53. The Hall–Kier alpha value is -2.82. The predicted octanol–water partition coefficient (Wildman–Crippen LogP) is 3.50. The molecule has 1 aliphatic rings. The number of benzene rings is 2. The molecule has 3 rings (SSSR count). The number of fused-ring (bicyclic) bond motifs is 1. The summed E-state index contributed by atoms with van der Waals surface area (Å²) in [4.78, 5) is 12.5. The molecule has 0 aliphatic carbocycles. The molecule has 0 bridgehead atoms. The molecule has 2 aromatic carbocycles. The molecule has 1 aliphatic heterocycles. The predicted molar refractivity (Wildman–Crippen MR) is 84.4 cm³/mol. The second-order valence-electron chi connectivity index (χ2n) is 4.94. The van der Waals surface area contributed by atoms with Crippen molar-refractivity contribution in [1.82, 2.24) is 0 Å². The second kappa shape index (κ2) is 5.28. The summed E-state index contributed by atoms with van der Waals surface area (Å²) in [6, 6.07) is 14.6. The molecule has 5 heteroatoms. The summed E-state index contributed by atoms with van der Waals surface area (Å²) in [5, 5.41) is 14.0. The molecule has 0 fully saturated rings. The summed E-state index contributed by atoms with van der Waals surface area (Å²) in [6.07, 6.45) is 2.11. The van der Waals surface area contributed by atoms with Crippen molar-refractivity contribution in [3.8, 4) is 0 Å². The smallest absolute Gasteiger partial charge is 0.269 e. The number of hydrogen-bond acceptors (Lipinski definition) is 4. The molecule has 0 amide bonds. The van der Waals surface area contributed by atoms with Crippen LogP contribution in [0.3, 0.4) is 0 Å². The van der Waals surface area contributed by atoms with Crippen LogP contribution >= 0.6 is 0 Å². The van der Waals surface area contributed by atoms with Crippen LogP contribution in [0.25, 0.3) is 5.70 Å². The number of hydrogen-bond donors (Lipinski definition) is 1. The van der Waals surface area contributed by atoms with E-state index in [-0.39, 0.29) is 5.69 Å². The van der Waals surface area contributed by atoms with Crippen molar-refractivity contribution in [3.05, 3.63) is 70.3 Å². The minimum absolute atomic E-state index is 0.0957. The summed E-state index contributed by atoms with van der Waals surface area (Å²) in [7, 11) is 2.05. The van der Waals surface area contributed by atoms with Crippen LogP contribution in [-0.2, 0) is 0 Å². The number of anilines is 2. The average molecular weight is 281 g/mol. The van der Waals surface area contributed by atoms with Gasteiger partial charge in [-0.2, -0.15) is 0 Å². The molecule has 106 valence electrons. The van der Waals surface area contributed by atoms with E-state index in [9.17, 15) is 10.1 Å². The van der Waals surface area contributed by atoms with Crippen LogP contribution in [0.1, 0.15) is 5.56 Å². The van der Waals surface area contributed by atoms with Crippen molar-refractivity contribution in [1.29, 1.82) is 0 Å². The highest BCUT2D eigenvalue weighted by Gasteiger charge is 2.15. The first-order chi connectivity index (χ1) is 10.1. The highest BCUT2D eigenvalue weighted by molar-refractivity contribution is 5.86. The fourth-order valence-corrected chi connectivity index (χ4v) is 2.41. The van der Waals surface area contributed by atoms with Crippen molar-refractivity contribution in [3.63, 3.8) is 0 Å². The molecule has 0 unspecified atom stereocenters. The molecule has 0 radical (unpaired) electrons. The number of likely N-dealkylation sites (N-methyl/N-ethyl adjacent to an activating group) is 1. The molecule has 0 saturated heterocycles. The van der Waals surface area contributed by atoms with Gasteiger partial charge in [0, 0.05) is 48.4 Å². The summed E-state index contributed by atoms with van der Waals surface area (Å²) in [5.41, 5.74) is 4.26. The Morgan fingerprint density at radius 2 is 1.86 bits per heavy atom. The number of para-hydroxylation sites is 1. The zero-order valence-corrected chi connectivity index (χ0v) is 11.6. The van der Waals surface area contributed by atoms with Gasteiger partial charge in [0.15, 0.2) is 0 Å². The van der Waals surface area contributed by atoms with Crippen LogP contribution in [0.2, 0.25) is 0 Å². The Balaban J connectivity index is 1.87. The van der Waals surface area contributed by atoms with Crippen molar-refractivity contribution >= 4 is 22.8 Å². The molecule has 0 aromatic heterocycles. The van der Waals surface area contributed by atoms with Gasteiger partial charge in [-0.25, -0.2) is 0 Å². The van der Waals surface area contributed by atoms with E-state index in [0.717, 1.165) is 23.5 Å². The number of non-ortho nitro benzene ring substituents is 1. The van der Waals surface area contributed by atoms with Gasteiger partial charge in [-0.05, 0) is 24.3 Å². The van der Waals surface area contributed by atoms with E-state index in [1.165, 1.54) is 17.8 Å². The topological polar surface area (TPSA) is 58.4 Å². The number of nitro groups is 1. The van der Waals surface area contributed by atoms with Crippen LogP contribution in [-0.4, -0.2) is 18.5 Å². The van der Waals surface area contributed by atoms with Crippen LogP contribution in [0.15, 0.2) is 54.6 Å². The highest BCUT2D eigenvalue weighted by atomic mass is 16.6. The van der Waals surface area contributed by atoms with E-state index in [0.29, 0.717) is 0 Å². The molecule has 2 aromatic rings. The van der Waals surface area contributed by atoms with E-state index in [2.05, 4.69) is 35.5 Å². The van der Waals surface area contributed by atoms with Gasteiger partial charge in [-0.15, -0.1) is 0 Å². The third-order valence-electron chi connectivity index (χ3n) is 3.53. The molecule has 5 nitrogen and oxygen atoms in total. The highest BCUT2D eigenvalue weighted by Crippen LogP contribution is 2.31. The first-order valence-electron chi connectivity index (χ1n) is 6.67. The Labute approximate surface area is 122 Å². The van der Waals surface area contributed by atoms with E-state index >= 15 is 0 Å². The Morgan fingerprint density at radius 3 is 2.57 bits per heavy atom. The fourth-order valence-electron chi connectivity index (χ4n) is 2.41. The van der Waals surface area contributed by atoms with Crippen molar-refractivity contribution in [2.24, 2.45) is 0 Å². The van der Waals surface area contributed by atoms with Crippen LogP contribution < -0.4 is 10.2 Å². The lowest BCUT2D eigenvalue weighted by molar-refractivity contribution is -0.384. The number of nitro benzene ring substituents is 1. The maximum absolute atomic E-state index is 10.7. The van der Waals surface area contributed by atoms with Crippen molar-refractivity contribution in [2.45, 2.75) is 0 Å². The minimum atomic E-state index is -0.395. The Bertz CT molecular complexity index is 708. The molecular formula is C16H15N3O2. The van der Waals surface area contributed by atoms with E-state index in [4.69, 9.17) is 0 Å².